The molecule has 92 valence electrons. The fraction of sp³-hybridized carbons (Fsp3) is 0.417. The molecule has 1 aliphatic heterocycles. The second kappa shape index (κ2) is 5.14. The van der Waals surface area contributed by atoms with Gasteiger partial charge in [0.25, 0.3) is 5.91 Å². The molecular weight excluding hydrogens is 289 g/mol. The third kappa shape index (κ3) is 2.50. The fourth-order valence-electron chi connectivity index (χ4n) is 2.09. The predicted molar refractivity (Wildman–Crippen MR) is 65.2 cm³/mol. The van der Waals surface area contributed by atoms with Gasteiger partial charge in [-0.1, -0.05) is 0 Å². The number of rotatable bonds is 2. The highest BCUT2D eigenvalue weighted by atomic mass is 79.9. The number of hydrogen-bond donors (Lipinski definition) is 1. The molecule has 1 N–H and O–H groups in total. The van der Waals surface area contributed by atoms with Crippen molar-refractivity contribution in [2.24, 2.45) is 0 Å². The van der Waals surface area contributed by atoms with Crippen LogP contribution in [0.4, 0.5) is 4.39 Å². The van der Waals surface area contributed by atoms with Crippen molar-refractivity contribution in [3.8, 4) is 0 Å². The lowest BCUT2D eigenvalue weighted by Crippen LogP contribution is -2.37. The Morgan fingerprint density at radius 2 is 2.35 bits per heavy atom. The summed E-state index contributed by atoms with van der Waals surface area (Å²) in [6.45, 7) is 0.632. The van der Waals surface area contributed by atoms with E-state index in [2.05, 4.69) is 15.9 Å². The summed E-state index contributed by atoms with van der Waals surface area (Å²) < 4.78 is 13.4. The molecule has 0 unspecified atom stereocenters. The molecule has 0 aromatic heterocycles. The molecule has 2 rings (SSSR count). The molecule has 1 fully saturated rings. The van der Waals surface area contributed by atoms with E-state index in [-0.39, 0.29) is 28.8 Å². The molecule has 1 aromatic rings. The van der Waals surface area contributed by atoms with E-state index in [0.29, 0.717) is 12.1 Å². The summed E-state index contributed by atoms with van der Waals surface area (Å²) in [5.41, 5.74) is 0.443. The van der Waals surface area contributed by atoms with Gasteiger partial charge in [0.2, 0.25) is 0 Å². The van der Waals surface area contributed by atoms with Crippen LogP contribution in [0.25, 0.3) is 0 Å². The number of likely N-dealkylation sites (tertiary alicyclic amines) is 1. The Hall–Kier alpha value is -0.940. The Kier molecular flexibility index (Phi) is 3.79. The minimum Gasteiger partial charge on any atom is -0.394 e. The van der Waals surface area contributed by atoms with Crippen molar-refractivity contribution in [3.05, 3.63) is 34.1 Å². The summed E-state index contributed by atoms with van der Waals surface area (Å²) in [5, 5.41) is 9.17. The molecule has 0 spiro atoms. The molecule has 17 heavy (non-hydrogen) atoms. The van der Waals surface area contributed by atoms with Gasteiger partial charge in [0, 0.05) is 12.1 Å². The summed E-state index contributed by atoms with van der Waals surface area (Å²) in [7, 11) is 0. The summed E-state index contributed by atoms with van der Waals surface area (Å²) in [4.78, 5) is 13.8. The van der Waals surface area contributed by atoms with E-state index in [9.17, 15) is 9.18 Å². The first-order valence-corrected chi connectivity index (χ1v) is 6.29. The standard InChI is InChI=1S/C12H13BrFNO2/c13-10-6-8(3-4-11(10)14)12(17)15-5-1-2-9(15)7-16/h3-4,6,9,16H,1-2,5,7H2/t9-/m1/s1. The van der Waals surface area contributed by atoms with Gasteiger partial charge in [0.05, 0.1) is 17.1 Å². The first-order chi connectivity index (χ1) is 8.13. The molecular formula is C12H13BrFNO2. The summed E-state index contributed by atoms with van der Waals surface area (Å²) in [6.07, 6.45) is 1.73. The molecule has 1 heterocycles. The summed E-state index contributed by atoms with van der Waals surface area (Å²) >= 11 is 3.06. The Balaban J connectivity index is 2.21. The Labute approximate surface area is 107 Å². The van der Waals surface area contributed by atoms with Gasteiger partial charge < -0.3 is 10.0 Å². The van der Waals surface area contributed by atoms with Crippen LogP contribution >= 0.6 is 15.9 Å². The molecule has 0 radical (unpaired) electrons. The van der Waals surface area contributed by atoms with Crippen molar-refractivity contribution >= 4 is 21.8 Å². The van der Waals surface area contributed by atoms with E-state index in [0.717, 1.165) is 12.8 Å². The number of aliphatic hydroxyl groups is 1. The lowest BCUT2D eigenvalue weighted by molar-refractivity contribution is 0.0677. The number of carbonyl (C=O) groups excluding carboxylic acids is 1. The number of aliphatic hydroxyl groups excluding tert-OH is 1. The van der Waals surface area contributed by atoms with Gasteiger partial charge in [-0.05, 0) is 47.0 Å². The summed E-state index contributed by atoms with van der Waals surface area (Å²) in [5.74, 6) is -0.538. The van der Waals surface area contributed by atoms with Crippen LogP contribution < -0.4 is 0 Å². The van der Waals surface area contributed by atoms with Crippen LogP contribution in [0.1, 0.15) is 23.2 Å². The molecule has 1 aliphatic rings. The fourth-order valence-corrected chi connectivity index (χ4v) is 2.47. The minimum absolute atomic E-state index is 0.0197. The molecule has 1 atom stereocenters. The van der Waals surface area contributed by atoms with Crippen molar-refractivity contribution in [1.29, 1.82) is 0 Å². The van der Waals surface area contributed by atoms with Crippen LogP contribution in [0.15, 0.2) is 22.7 Å². The zero-order chi connectivity index (χ0) is 12.4. The molecule has 0 bridgehead atoms. The maximum atomic E-state index is 13.1. The maximum Gasteiger partial charge on any atom is 0.254 e. The SMILES string of the molecule is O=C(c1ccc(F)c(Br)c1)N1CCC[C@@H]1CO. The van der Waals surface area contributed by atoms with Crippen molar-refractivity contribution in [2.75, 3.05) is 13.2 Å². The van der Waals surface area contributed by atoms with E-state index in [1.165, 1.54) is 18.2 Å². The lowest BCUT2D eigenvalue weighted by atomic mass is 10.1. The summed E-state index contributed by atoms with van der Waals surface area (Å²) in [6, 6.07) is 4.10. The zero-order valence-electron chi connectivity index (χ0n) is 9.20. The van der Waals surface area contributed by atoms with Gasteiger partial charge in [-0.25, -0.2) is 4.39 Å². The lowest BCUT2D eigenvalue weighted by Gasteiger charge is -2.23. The van der Waals surface area contributed by atoms with Gasteiger partial charge in [0.1, 0.15) is 5.82 Å². The molecule has 1 amide bonds. The van der Waals surface area contributed by atoms with E-state index in [1.807, 2.05) is 0 Å². The Morgan fingerprint density at radius 3 is 3.00 bits per heavy atom. The molecule has 1 aromatic carbocycles. The highest BCUT2D eigenvalue weighted by Crippen LogP contribution is 2.22. The van der Waals surface area contributed by atoms with Gasteiger partial charge in [-0.2, -0.15) is 0 Å². The van der Waals surface area contributed by atoms with Gasteiger partial charge >= 0.3 is 0 Å². The molecule has 0 saturated carbocycles. The highest BCUT2D eigenvalue weighted by molar-refractivity contribution is 9.10. The van der Waals surface area contributed by atoms with E-state index < -0.39 is 0 Å². The van der Waals surface area contributed by atoms with Crippen LogP contribution in [0.5, 0.6) is 0 Å². The van der Waals surface area contributed by atoms with Crippen LogP contribution in [0, 0.1) is 5.82 Å². The quantitative estimate of drug-likeness (QED) is 0.910. The normalized spacial score (nSPS) is 19.7. The van der Waals surface area contributed by atoms with E-state index in [1.54, 1.807) is 4.90 Å². The maximum absolute atomic E-state index is 13.1. The number of amides is 1. The minimum atomic E-state index is -0.387. The number of halogens is 2. The van der Waals surface area contributed by atoms with Crippen LogP contribution in [-0.2, 0) is 0 Å². The smallest absolute Gasteiger partial charge is 0.254 e. The second-order valence-electron chi connectivity index (χ2n) is 4.11. The number of carbonyl (C=O) groups is 1. The van der Waals surface area contributed by atoms with Crippen LogP contribution in [-0.4, -0.2) is 35.1 Å². The van der Waals surface area contributed by atoms with Crippen molar-refractivity contribution in [1.82, 2.24) is 4.90 Å². The third-order valence-electron chi connectivity index (χ3n) is 3.02. The topological polar surface area (TPSA) is 40.5 Å². The van der Waals surface area contributed by atoms with Crippen molar-refractivity contribution in [3.63, 3.8) is 0 Å². The number of nitrogens with zero attached hydrogens (tertiary/aromatic N) is 1. The first kappa shape index (κ1) is 12.5. The number of benzene rings is 1. The van der Waals surface area contributed by atoms with Crippen molar-refractivity contribution in [2.45, 2.75) is 18.9 Å². The molecule has 5 heteroatoms. The number of hydrogen-bond acceptors (Lipinski definition) is 2. The molecule has 0 aliphatic carbocycles. The monoisotopic (exact) mass is 301 g/mol. The predicted octanol–water partition coefficient (Wildman–Crippen LogP) is 2.19. The van der Waals surface area contributed by atoms with Gasteiger partial charge in [-0.15, -0.1) is 0 Å². The third-order valence-corrected chi connectivity index (χ3v) is 3.62. The van der Waals surface area contributed by atoms with Crippen LogP contribution in [0.2, 0.25) is 0 Å². The zero-order valence-corrected chi connectivity index (χ0v) is 10.8. The molecule has 3 nitrogen and oxygen atoms in total. The van der Waals surface area contributed by atoms with E-state index in [4.69, 9.17) is 5.11 Å². The average molecular weight is 302 g/mol. The first-order valence-electron chi connectivity index (χ1n) is 5.50. The largest absolute Gasteiger partial charge is 0.394 e. The Morgan fingerprint density at radius 1 is 1.59 bits per heavy atom. The van der Waals surface area contributed by atoms with E-state index >= 15 is 0 Å². The van der Waals surface area contributed by atoms with Crippen molar-refractivity contribution < 1.29 is 14.3 Å². The average Bonchev–Trinajstić information content (AvgIpc) is 2.80. The van der Waals surface area contributed by atoms with Gasteiger partial charge in [0.15, 0.2) is 0 Å². The molecule has 1 saturated heterocycles. The van der Waals surface area contributed by atoms with Gasteiger partial charge in [-0.3, -0.25) is 4.79 Å². The highest BCUT2D eigenvalue weighted by Gasteiger charge is 2.28. The second-order valence-corrected chi connectivity index (χ2v) is 4.96. The van der Waals surface area contributed by atoms with Crippen LogP contribution in [0.3, 0.4) is 0 Å². The Bertz CT molecular complexity index is 439.